The maximum absolute atomic E-state index is 6.00. The van der Waals surface area contributed by atoms with Gasteiger partial charge >= 0.3 is 0 Å². The summed E-state index contributed by atoms with van der Waals surface area (Å²) in [5.41, 5.74) is 0. The molecule has 1 aromatic carbocycles. The van der Waals surface area contributed by atoms with Gasteiger partial charge in [0, 0.05) is 15.8 Å². The van der Waals surface area contributed by atoms with Crippen molar-refractivity contribution in [3.8, 4) is 5.75 Å². The molecule has 0 heterocycles. The van der Waals surface area contributed by atoms with Crippen molar-refractivity contribution in [2.75, 3.05) is 7.11 Å². The first-order valence-electron chi connectivity index (χ1n) is 2.82. The van der Waals surface area contributed by atoms with Crippen LogP contribution in [0.15, 0.2) is 24.3 Å². The minimum atomic E-state index is 0. The Bertz CT molecular complexity index is 223. The molecule has 1 rings (SSSR count). The van der Waals surface area contributed by atoms with Gasteiger partial charge in [0.1, 0.15) is 5.75 Å². The van der Waals surface area contributed by atoms with Crippen LogP contribution in [0, 0.1) is 10.8 Å². The minimum Gasteiger partial charge on any atom is -0.497 e. The highest BCUT2D eigenvalue weighted by Crippen LogP contribution is 2.14. The number of hydrogen-bond acceptors (Lipinski definition) is 3. The number of hydrogen-bond donors (Lipinski definition) is 0. The fraction of sp³-hybridized carbons (Fsp3) is 0.143. The summed E-state index contributed by atoms with van der Waals surface area (Å²) in [6, 6.07) is 7.23. The Labute approximate surface area is 82.1 Å². The monoisotopic (exact) mass is 206 g/mol. The van der Waals surface area contributed by atoms with Gasteiger partial charge in [-0.05, 0) is 24.3 Å². The maximum Gasteiger partial charge on any atom is 0.118 e. The Balaban J connectivity index is 0. The van der Waals surface area contributed by atoms with Crippen molar-refractivity contribution in [1.29, 1.82) is 10.8 Å². The Hall–Kier alpha value is -0.980. The Morgan fingerprint density at radius 3 is 1.92 bits per heavy atom. The maximum atomic E-state index is 6.00. The van der Waals surface area contributed by atoms with E-state index in [0.717, 1.165) is 10.8 Å². The summed E-state index contributed by atoms with van der Waals surface area (Å²) in [6.07, 6.45) is 0. The molecule has 0 spiro atoms. The Morgan fingerprint density at radius 2 is 1.58 bits per heavy atom. The lowest BCUT2D eigenvalue weighted by Crippen LogP contribution is -1.79. The van der Waals surface area contributed by atoms with Crippen molar-refractivity contribution in [1.82, 2.24) is 0 Å². The van der Waals surface area contributed by atoms with E-state index in [4.69, 9.17) is 27.1 Å². The number of halogens is 2. The van der Waals surface area contributed by atoms with Crippen molar-refractivity contribution in [3.05, 3.63) is 29.3 Å². The molecule has 0 aliphatic carbocycles. The normalized spacial score (nSPS) is 7.00. The molecule has 0 aliphatic rings. The number of nitrogens with zero attached hydrogens (tertiary/aromatic N) is 2. The third-order valence-corrected chi connectivity index (χ3v) is 1.30. The van der Waals surface area contributed by atoms with Crippen LogP contribution in [0.25, 0.3) is 0 Å². The van der Waals surface area contributed by atoms with E-state index in [9.17, 15) is 0 Å². The second kappa shape index (κ2) is 8.12. The molecule has 12 heavy (non-hydrogen) atoms. The number of benzene rings is 1. The first-order chi connectivity index (χ1) is 5.33. The standard InChI is InChI=1S/C7H7ClO.ClH.N2/c1-9-7-4-2-6(8)3-5-7;;1-2/h2-5H,1H3;1H;. The van der Waals surface area contributed by atoms with Gasteiger partial charge in [-0.2, -0.15) is 0 Å². The van der Waals surface area contributed by atoms with Crippen molar-refractivity contribution in [2.45, 2.75) is 0 Å². The molecule has 0 bridgehead atoms. The van der Waals surface area contributed by atoms with Gasteiger partial charge in [-0.25, -0.2) is 0 Å². The molecule has 0 atom stereocenters. The van der Waals surface area contributed by atoms with E-state index in [1.165, 1.54) is 0 Å². The summed E-state index contributed by atoms with van der Waals surface area (Å²) in [5, 5.41) is 12.7. The fourth-order valence-corrected chi connectivity index (χ4v) is 0.697. The smallest absolute Gasteiger partial charge is 0.118 e. The summed E-state index contributed by atoms with van der Waals surface area (Å²) in [6.45, 7) is 0. The number of ether oxygens (including phenoxy) is 1. The lowest BCUT2D eigenvalue weighted by molar-refractivity contribution is 0.415. The molecular formula is C7H8Cl2N2O. The molecule has 0 amide bonds. The molecule has 0 saturated heterocycles. The Morgan fingerprint density at radius 1 is 1.17 bits per heavy atom. The Kier molecular flexibility index (Phi) is 9.20. The van der Waals surface area contributed by atoms with Crippen LogP contribution in [0.3, 0.4) is 0 Å². The van der Waals surface area contributed by atoms with Gasteiger partial charge in [-0.3, -0.25) is 0 Å². The molecule has 0 unspecified atom stereocenters. The largest absolute Gasteiger partial charge is 0.497 e. The third-order valence-electron chi connectivity index (χ3n) is 1.05. The van der Waals surface area contributed by atoms with Crippen molar-refractivity contribution in [3.63, 3.8) is 0 Å². The van der Waals surface area contributed by atoms with Gasteiger partial charge in [-0.1, -0.05) is 11.6 Å². The van der Waals surface area contributed by atoms with E-state index in [-0.39, 0.29) is 12.4 Å². The minimum absolute atomic E-state index is 0. The summed E-state index contributed by atoms with van der Waals surface area (Å²) < 4.78 is 4.91. The van der Waals surface area contributed by atoms with Gasteiger partial charge in [0.05, 0.1) is 7.11 Å². The molecule has 0 saturated carbocycles. The average Bonchev–Trinajstić information content (AvgIpc) is 2.10. The molecule has 5 heteroatoms. The van der Waals surface area contributed by atoms with E-state index in [1.807, 2.05) is 12.1 Å². The van der Waals surface area contributed by atoms with E-state index < -0.39 is 0 Å². The summed E-state index contributed by atoms with van der Waals surface area (Å²) in [4.78, 5) is 0. The zero-order chi connectivity index (χ0) is 8.69. The number of rotatable bonds is 1. The van der Waals surface area contributed by atoms with E-state index >= 15 is 0 Å². The molecule has 0 N–H and O–H groups in total. The molecular weight excluding hydrogens is 199 g/mol. The summed E-state index contributed by atoms with van der Waals surface area (Å²) in [7, 11) is 1.63. The van der Waals surface area contributed by atoms with E-state index in [2.05, 4.69) is 0 Å². The zero-order valence-corrected chi connectivity index (χ0v) is 7.97. The van der Waals surface area contributed by atoms with Crippen LogP contribution in [0.2, 0.25) is 5.02 Å². The highest BCUT2D eigenvalue weighted by atomic mass is 35.5. The lowest BCUT2D eigenvalue weighted by atomic mass is 10.3. The van der Waals surface area contributed by atoms with Crippen LogP contribution in [0.4, 0.5) is 0 Å². The third kappa shape index (κ3) is 4.78. The van der Waals surface area contributed by atoms with Crippen LogP contribution in [-0.2, 0) is 0 Å². The first-order valence-corrected chi connectivity index (χ1v) is 3.20. The predicted molar refractivity (Wildman–Crippen MR) is 48.7 cm³/mol. The topological polar surface area (TPSA) is 56.8 Å². The highest BCUT2D eigenvalue weighted by Gasteiger charge is 1.87. The second-order valence-electron chi connectivity index (χ2n) is 1.66. The molecule has 3 nitrogen and oxygen atoms in total. The lowest BCUT2D eigenvalue weighted by Gasteiger charge is -1.96. The molecule has 0 aliphatic heterocycles. The van der Waals surface area contributed by atoms with Gasteiger partial charge in [0.15, 0.2) is 0 Å². The quantitative estimate of drug-likeness (QED) is 0.665. The van der Waals surface area contributed by atoms with E-state index in [0.29, 0.717) is 0 Å². The van der Waals surface area contributed by atoms with Gasteiger partial charge in [0.25, 0.3) is 0 Å². The summed E-state index contributed by atoms with van der Waals surface area (Å²) in [5.74, 6) is 0.833. The average molecular weight is 207 g/mol. The highest BCUT2D eigenvalue weighted by molar-refractivity contribution is 6.30. The molecule has 0 aromatic heterocycles. The van der Waals surface area contributed by atoms with Crippen molar-refractivity contribution < 1.29 is 4.74 Å². The molecule has 1 aromatic rings. The van der Waals surface area contributed by atoms with Crippen LogP contribution in [-0.4, -0.2) is 7.11 Å². The predicted octanol–water partition coefficient (Wildman–Crippen LogP) is 2.80. The zero-order valence-electron chi connectivity index (χ0n) is 6.40. The summed E-state index contributed by atoms with van der Waals surface area (Å²) >= 11 is 5.61. The van der Waals surface area contributed by atoms with Gasteiger partial charge < -0.3 is 4.74 Å². The van der Waals surface area contributed by atoms with Gasteiger partial charge in [-0.15, -0.1) is 12.4 Å². The number of methoxy groups -OCH3 is 1. The second-order valence-corrected chi connectivity index (χ2v) is 2.09. The molecule has 66 valence electrons. The van der Waals surface area contributed by atoms with Crippen LogP contribution >= 0.6 is 24.0 Å². The van der Waals surface area contributed by atoms with Gasteiger partial charge in [0.2, 0.25) is 0 Å². The van der Waals surface area contributed by atoms with Crippen LogP contribution in [0.1, 0.15) is 0 Å². The fourth-order valence-electron chi connectivity index (χ4n) is 0.571. The molecule has 0 fully saturated rings. The van der Waals surface area contributed by atoms with E-state index in [1.54, 1.807) is 19.2 Å². The van der Waals surface area contributed by atoms with Crippen LogP contribution < -0.4 is 4.74 Å². The van der Waals surface area contributed by atoms with Crippen LogP contribution in [0.5, 0.6) is 5.75 Å². The van der Waals surface area contributed by atoms with Crippen molar-refractivity contribution in [2.24, 2.45) is 0 Å². The molecule has 0 radical (unpaired) electrons. The SMILES string of the molecule is COc1ccc(Cl)cc1.Cl.N#N. The van der Waals surface area contributed by atoms with Crippen molar-refractivity contribution >= 4 is 24.0 Å². The first kappa shape index (κ1) is 13.6.